The number of nitrogens with zero attached hydrogens (tertiary/aromatic N) is 2. The zero-order valence-corrected chi connectivity index (χ0v) is 10.4. The Labute approximate surface area is 96.9 Å². The molecule has 0 spiro atoms. The summed E-state index contributed by atoms with van der Waals surface area (Å²) in [5.74, 6) is 0.116. The third-order valence-corrected chi connectivity index (χ3v) is 2.41. The van der Waals surface area contributed by atoms with Crippen LogP contribution in [-0.4, -0.2) is 21.9 Å². The summed E-state index contributed by atoms with van der Waals surface area (Å²) in [5, 5.41) is 0. The molecule has 0 bridgehead atoms. The number of hydrogen-bond acceptors (Lipinski definition) is 3. The zero-order valence-electron chi connectivity index (χ0n) is 10.4. The Morgan fingerprint density at radius 3 is 2.75 bits per heavy atom. The summed E-state index contributed by atoms with van der Waals surface area (Å²) >= 11 is 0. The minimum atomic E-state index is 0.116. The fraction of sp³-hybridized carbons (Fsp3) is 0.667. The molecule has 4 heteroatoms. The largest absolute Gasteiger partial charge is 0.335 e. The Balaban J connectivity index is 2.53. The molecule has 0 fully saturated rings. The van der Waals surface area contributed by atoms with Crippen molar-refractivity contribution in [3.8, 4) is 0 Å². The van der Waals surface area contributed by atoms with Crippen molar-refractivity contribution < 1.29 is 4.79 Å². The van der Waals surface area contributed by atoms with Gasteiger partial charge in [-0.3, -0.25) is 4.79 Å². The van der Waals surface area contributed by atoms with Crippen molar-refractivity contribution >= 4 is 5.78 Å². The second-order valence-electron chi connectivity index (χ2n) is 5.27. The van der Waals surface area contributed by atoms with Crippen molar-refractivity contribution in [2.75, 3.05) is 6.54 Å². The number of aromatic nitrogens is 2. The maximum Gasteiger partial charge on any atom is 0.182 e. The van der Waals surface area contributed by atoms with Gasteiger partial charge in [-0.15, -0.1) is 0 Å². The predicted molar refractivity (Wildman–Crippen MR) is 64.3 cm³/mol. The number of carbonyl (C=O) groups is 1. The molecule has 0 saturated heterocycles. The van der Waals surface area contributed by atoms with Crippen LogP contribution in [0.25, 0.3) is 0 Å². The van der Waals surface area contributed by atoms with Crippen LogP contribution in [0.2, 0.25) is 0 Å². The second kappa shape index (κ2) is 5.25. The van der Waals surface area contributed by atoms with E-state index in [-0.39, 0.29) is 11.2 Å². The molecule has 0 atom stereocenters. The summed E-state index contributed by atoms with van der Waals surface area (Å²) in [6, 6.07) is 0. The van der Waals surface area contributed by atoms with Gasteiger partial charge in [0.15, 0.2) is 5.78 Å². The van der Waals surface area contributed by atoms with Gasteiger partial charge in [0.25, 0.3) is 0 Å². The standard InChI is InChI=1S/C12H21N3O/c1-12(2,3)5-4-11(16)10-8-15(7-6-13)9-14-10/h8-9H,4-7,13H2,1-3H3. The summed E-state index contributed by atoms with van der Waals surface area (Å²) < 4.78 is 1.85. The molecule has 1 rings (SSSR count). The molecule has 0 aliphatic heterocycles. The molecule has 0 radical (unpaired) electrons. The molecule has 16 heavy (non-hydrogen) atoms. The summed E-state index contributed by atoms with van der Waals surface area (Å²) in [5.41, 5.74) is 6.17. The predicted octanol–water partition coefficient (Wildman–Crippen LogP) is 1.85. The van der Waals surface area contributed by atoms with Crippen LogP contribution >= 0.6 is 0 Å². The van der Waals surface area contributed by atoms with Crippen LogP contribution in [0.4, 0.5) is 0 Å². The number of rotatable bonds is 5. The Morgan fingerprint density at radius 2 is 2.19 bits per heavy atom. The number of carbonyl (C=O) groups excluding carboxylic acids is 1. The molecular weight excluding hydrogens is 202 g/mol. The SMILES string of the molecule is CC(C)(C)CCC(=O)c1cn(CCN)cn1. The lowest BCUT2D eigenvalue weighted by molar-refractivity contribution is 0.0961. The van der Waals surface area contributed by atoms with E-state index in [1.165, 1.54) is 0 Å². The average Bonchev–Trinajstić information content (AvgIpc) is 2.62. The molecule has 4 nitrogen and oxygen atoms in total. The highest BCUT2D eigenvalue weighted by Crippen LogP contribution is 2.21. The summed E-state index contributed by atoms with van der Waals surface area (Å²) in [4.78, 5) is 15.9. The van der Waals surface area contributed by atoms with Crippen molar-refractivity contribution in [3.63, 3.8) is 0 Å². The highest BCUT2D eigenvalue weighted by atomic mass is 16.1. The molecule has 1 aromatic heterocycles. The van der Waals surface area contributed by atoms with Crippen LogP contribution in [0, 0.1) is 5.41 Å². The van der Waals surface area contributed by atoms with Crippen LogP contribution in [-0.2, 0) is 6.54 Å². The van der Waals surface area contributed by atoms with E-state index >= 15 is 0 Å². The van der Waals surface area contributed by atoms with Crippen molar-refractivity contribution in [2.24, 2.45) is 11.1 Å². The van der Waals surface area contributed by atoms with Crippen molar-refractivity contribution in [3.05, 3.63) is 18.2 Å². The molecule has 0 unspecified atom stereocenters. The molecule has 0 aliphatic carbocycles. The topological polar surface area (TPSA) is 60.9 Å². The molecule has 0 aliphatic rings. The molecule has 0 amide bonds. The van der Waals surface area contributed by atoms with Gasteiger partial charge < -0.3 is 10.3 Å². The molecule has 1 aromatic rings. The van der Waals surface area contributed by atoms with Crippen LogP contribution < -0.4 is 5.73 Å². The highest BCUT2D eigenvalue weighted by molar-refractivity contribution is 5.93. The van der Waals surface area contributed by atoms with Crippen LogP contribution in [0.1, 0.15) is 44.1 Å². The Bertz CT molecular complexity index is 349. The fourth-order valence-corrected chi connectivity index (χ4v) is 1.39. The first-order valence-electron chi connectivity index (χ1n) is 5.67. The summed E-state index contributed by atoms with van der Waals surface area (Å²) in [7, 11) is 0. The lowest BCUT2D eigenvalue weighted by Gasteiger charge is -2.16. The average molecular weight is 223 g/mol. The minimum absolute atomic E-state index is 0.116. The smallest absolute Gasteiger partial charge is 0.182 e. The first-order valence-corrected chi connectivity index (χ1v) is 5.67. The van der Waals surface area contributed by atoms with E-state index in [9.17, 15) is 4.79 Å². The van der Waals surface area contributed by atoms with Gasteiger partial charge in [-0.2, -0.15) is 0 Å². The number of Topliss-reactive ketones (excluding diaryl/α,β-unsaturated/α-hetero) is 1. The van der Waals surface area contributed by atoms with E-state index in [2.05, 4.69) is 25.8 Å². The monoisotopic (exact) mass is 223 g/mol. The van der Waals surface area contributed by atoms with Gasteiger partial charge >= 0.3 is 0 Å². The quantitative estimate of drug-likeness (QED) is 0.775. The Morgan fingerprint density at radius 1 is 1.50 bits per heavy atom. The third-order valence-electron chi connectivity index (χ3n) is 2.41. The number of imidazole rings is 1. The number of nitrogens with two attached hydrogens (primary N) is 1. The van der Waals surface area contributed by atoms with Gasteiger partial charge in [-0.25, -0.2) is 4.98 Å². The zero-order chi connectivity index (χ0) is 12.2. The van der Waals surface area contributed by atoms with E-state index in [0.29, 0.717) is 25.2 Å². The summed E-state index contributed by atoms with van der Waals surface area (Å²) in [6.45, 7) is 7.67. The normalized spacial score (nSPS) is 11.8. The molecule has 90 valence electrons. The van der Waals surface area contributed by atoms with Gasteiger partial charge in [0.05, 0.1) is 6.33 Å². The van der Waals surface area contributed by atoms with Crippen molar-refractivity contribution in [1.29, 1.82) is 0 Å². The lowest BCUT2D eigenvalue weighted by Crippen LogP contribution is -2.10. The molecule has 1 heterocycles. The van der Waals surface area contributed by atoms with E-state index in [1.54, 1.807) is 12.5 Å². The van der Waals surface area contributed by atoms with Gasteiger partial charge in [-0.1, -0.05) is 20.8 Å². The highest BCUT2D eigenvalue weighted by Gasteiger charge is 2.15. The van der Waals surface area contributed by atoms with Gasteiger partial charge in [-0.05, 0) is 11.8 Å². The Kier molecular flexibility index (Phi) is 4.24. The maximum absolute atomic E-state index is 11.8. The molecule has 0 saturated carbocycles. The van der Waals surface area contributed by atoms with Gasteiger partial charge in [0, 0.05) is 25.7 Å². The van der Waals surface area contributed by atoms with Gasteiger partial charge in [0.2, 0.25) is 0 Å². The van der Waals surface area contributed by atoms with Crippen LogP contribution in [0.15, 0.2) is 12.5 Å². The van der Waals surface area contributed by atoms with E-state index in [4.69, 9.17) is 5.73 Å². The van der Waals surface area contributed by atoms with E-state index in [0.717, 1.165) is 6.42 Å². The molecule has 2 N–H and O–H groups in total. The number of ketones is 1. The van der Waals surface area contributed by atoms with Crippen LogP contribution in [0.3, 0.4) is 0 Å². The minimum Gasteiger partial charge on any atom is -0.335 e. The summed E-state index contributed by atoms with van der Waals surface area (Å²) in [6.07, 6.45) is 4.88. The first kappa shape index (κ1) is 12.9. The van der Waals surface area contributed by atoms with E-state index in [1.807, 2.05) is 4.57 Å². The first-order chi connectivity index (χ1) is 7.42. The van der Waals surface area contributed by atoms with Crippen LogP contribution in [0.5, 0.6) is 0 Å². The molecular formula is C12H21N3O. The van der Waals surface area contributed by atoms with Gasteiger partial charge in [0.1, 0.15) is 5.69 Å². The van der Waals surface area contributed by atoms with E-state index < -0.39 is 0 Å². The third kappa shape index (κ3) is 4.14. The Hall–Kier alpha value is -1.16. The maximum atomic E-state index is 11.8. The lowest BCUT2D eigenvalue weighted by atomic mass is 9.89. The van der Waals surface area contributed by atoms with Crippen molar-refractivity contribution in [1.82, 2.24) is 9.55 Å². The fourth-order valence-electron chi connectivity index (χ4n) is 1.39. The van der Waals surface area contributed by atoms with Crippen molar-refractivity contribution in [2.45, 2.75) is 40.2 Å². The molecule has 0 aromatic carbocycles. The second-order valence-corrected chi connectivity index (χ2v) is 5.27. The number of hydrogen-bond donors (Lipinski definition) is 1.